The largest absolute Gasteiger partial charge is 0.447 e. The number of nitrogens with zero attached hydrogens (tertiary/aromatic N) is 1. The molecule has 0 fully saturated rings. The fourth-order valence-corrected chi connectivity index (χ4v) is 1.67. The summed E-state index contributed by atoms with van der Waals surface area (Å²) in [5, 5.41) is 11.2. The second-order valence-corrected chi connectivity index (χ2v) is 4.36. The monoisotopic (exact) mass is 266 g/mol. The molecule has 72 valence electrons. The zero-order valence-electron chi connectivity index (χ0n) is 6.49. The third-order valence-corrected chi connectivity index (χ3v) is 2.40. The van der Waals surface area contributed by atoms with Crippen molar-refractivity contribution in [2.75, 3.05) is 18.5 Å². The third-order valence-electron chi connectivity index (χ3n) is 1.01. The van der Waals surface area contributed by atoms with Crippen LogP contribution in [-0.4, -0.2) is 29.4 Å². The van der Waals surface area contributed by atoms with Gasteiger partial charge in [0, 0.05) is 0 Å². The van der Waals surface area contributed by atoms with Crippen LogP contribution in [0.5, 0.6) is 0 Å². The van der Waals surface area contributed by atoms with Gasteiger partial charge in [0.1, 0.15) is 6.61 Å². The highest BCUT2D eigenvalue weighted by Gasteiger charge is 2.05. The molecule has 0 atom stereocenters. The molecule has 1 amide bonds. The fourth-order valence-electron chi connectivity index (χ4n) is 0.574. The van der Waals surface area contributed by atoms with Crippen molar-refractivity contribution in [1.29, 1.82) is 0 Å². The van der Waals surface area contributed by atoms with Gasteiger partial charge in [-0.25, -0.2) is 9.78 Å². The number of hydrogen-bond acceptors (Lipinski definition) is 5. The maximum atomic E-state index is 10.9. The van der Waals surface area contributed by atoms with Crippen LogP contribution in [0.4, 0.5) is 9.93 Å². The summed E-state index contributed by atoms with van der Waals surface area (Å²) in [4.78, 5) is 14.7. The van der Waals surface area contributed by atoms with Gasteiger partial charge in [-0.2, -0.15) is 0 Å². The summed E-state index contributed by atoms with van der Waals surface area (Å²) in [5.74, 6) is 0. The Balaban J connectivity index is 2.36. The molecule has 0 bridgehead atoms. The highest BCUT2D eigenvalue weighted by Crippen LogP contribution is 2.22. The lowest BCUT2D eigenvalue weighted by Gasteiger charge is -2.01. The zero-order chi connectivity index (χ0) is 9.68. The number of rotatable bonds is 3. The first-order valence-electron chi connectivity index (χ1n) is 3.38. The van der Waals surface area contributed by atoms with Gasteiger partial charge in [0.15, 0.2) is 5.13 Å². The van der Waals surface area contributed by atoms with E-state index in [9.17, 15) is 4.79 Å². The number of aromatic nitrogens is 1. The second kappa shape index (κ2) is 5.15. The highest BCUT2D eigenvalue weighted by atomic mass is 79.9. The van der Waals surface area contributed by atoms with E-state index >= 15 is 0 Å². The first-order valence-corrected chi connectivity index (χ1v) is 4.99. The van der Waals surface area contributed by atoms with Crippen LogP contribution in [0.2, 0.25) is 0 Å². The summed E-state index contributed by atoms with van der Waals surface area (Å²) in [6.07, 6.45) is 0.961. The predicted molar refractivity (Wildman–Crippen MR) is 51.9 cm³/mol. The maximum Gasteiger partial charge on any atom is 0.413 e. The van der Waals surface area contributed by atoms with E-state index in [1.54, 1.807) is 6.20 Å². The smallest absolute Gasteiger partial charge is 0.413 e. The number of amides is 1. The number of hydrogen-bond donors (Lipinski definition) is 2. The minimum Gasteiger partial charge on any atom is -0.447 e. The van der Waals surface area contributed by atoms with Gasteiger partial charge in [0.05, 0.1) is 16.6 Å². The van der Waals surface area contributed by atoms with Crippen LogP contribution in [0.3, 0.4) is 0 Å². The first-order chi connectivity index (χ1) is 6.22. The molecule has 0 unspecified atom stereocenters. The zero-order valence-corrected chi connectivity index (χ0v) is 8.89. The van der Waals surface area contributed by atoms with Crippen molar-refractivity contribution in [2.45, 2.75) is 0 Å². The van der Waals surface area contributed by atoms with Crippen molar-refractivity contribution in [1.82, 2.24) is 4.98 Å². The Labute approximate surface area is 86.9 Å². The molecule has 1 heterocycles. The number of halogens is 1. The van der Waals surface area contributed by atoms with Gasteiger partial charge in [-0.15, -0.1) is 0 Å². The van der Waals surface area contributed by atoms with Crippen molar-refractivity contribution >= 4 is 38.5 Å². The van der Waals surface area contributed by atoms with Gasteiger partial charge in [0.25, 0.3) is 0 Å². The van der Waals surface area contributed by atoms with E-state index in [0.717, 1.165) is 3.79 Å². The van der Waals surface area contributed by atoms with Gasteiger partial charge < -0.3 is 9.84 Å². The molecule has 7 heteroatoms. The molecule has 1 aromatic rings. The topological polar surface area (TPSA) is 71.5 Å². The number of thiazole rings is 1. The molecule has 0 aliphatic rings. The molecule has 0 aliphatic heterocycles. The number of carbonyl (C=O) groups is 1. The van der Waals surface area contributed by atoms with Crippen LogP contribution in [0, 0.1) is 0 Å². The molecule has 13 heavy (non-hydrogen) atoms. The molecule has 0 saturated heterocycles. The van der Waals surface area contributed by atoms with Crippen LogP contribution in [-0.2, 0) is 4.74 Å². The van der Waals surface area contributed by atoms with E-state index in [-0.39, 0.29) is 13.2 Å². The quantitative estimate of drug-likeness (QED) is 0.869. The lowest BCUT2D eigenvalue weighted by Crippen LogP contribution is -2.15. The maximum absolute atomic E-state index is 10.9. The van der Waals surface area contributed by atoms with Crippen LogP contribution >= 0.6 is 27.3 Å². The summed E-state index contributed by atoms with van der Waals surface area (Å²) in [6.45, 7) is -0.201. The summed E-state index contributed by atoms with van der Waals surface area (Å²) in [6, 6.07) is 0. The molecule has 2 N–H and O–H groups in total. The molecule has 0 aliphatic carbocycles. The highest BCUT2D eigenvalue weighted by molar-refractivity contribution is 9.11. The minimum absolute atomic E-state index is 0.0155. The predicted octanol–water partition coefficient (Wildman–Crippen LogP) is 1.45. The van der Waals surface area contributed by atoms with Crippen LogP contribution in [0.25, 0.3) is 0 Å². The molecule has 0 radical (unpaired) electrons. The van der Waals surface area contributed by atoms with Crippen molar-refractivity contribution in [3.63, 3.8) is 0 Å². The third kappa shape index (κ3) is 3.71. The average Bonchev–Trinajstić information content (AvgIpc) is 2.48. The Morgan fingerprint density at radius 1 is 1.85 bits per heavy atom. The van der Waals surface area contributed by atoms with Crippen molar-refractivity contribution in [2.24, 2.45) is 0 Å². The SMILES string of the molecule is O=C(Nc1ncc(Br)s1)OCCO. The Morgan fingerprint density at radius 3 is 3.15 bits per heavy atom. The van der Waals surface area contributed by atoms with E-state index in [4.69, 9.17) is 5.11 Å². The summed E-state index contributed by atoms with van der Waals surface area (Å²) in [5.41, 5.74) is 0. The molecule has 0 spiro atoms. The summed E-state index contributed by atoms with van der Waals surface area (Å²) in [7, 11) is 0. The molecule has 1 rings (SSSR count). The number of aliphatic hydroxyl groups excluding tert-OH is 1. The minimum atomic E-state index is -0.615. The number of nitrogens with one attached hydrogen (secondary N) is 1. The molecule has 1 aromatic heterocycles. The Bertz CT molecular complexity index is 291. The number of anilines is 1. The average molecular weight is 267 g/mol. The van der Waals surface area contributed by atoms with E-state index in [2.05, 4.69) is 31.0 Å². The number of aliphatic hydroxyl groups is 1. The lowest BCUT2D eigenvalue weighted by molar-refractivity contribution is 0.131. The number of ether oxygens (including phenoxy) is 1. The Kier molecular flexibility index (Phi) is 4.13. The van der Waals surface area contributed by atoms with E-state index in [0.29, 0.717) is 5.13 Å². The van der Waals surface area contributed by atoms with Crippen LogP contribution < -0.4 is 5.32 Å². The second-order valence-electron chi connectivity index (χ2n) is 1.95. The molecule has 0 aromatic carbocycles. The standard InChI is InChI=1S/C6H7BrN2O3S/c7-4-3-8-5(13-4)9-6(11)12-2-1-10/h3,10H,1-2H2,(H,8,9,11). The Hall–Kier alpha value is -0.660. The van der Waals surface area contributed by atoms with Gasteiger partial charge >= 0.3 is 6.09 Å². The first kappa shape index (κ1) is 10.4. The lowest BCUT2D eigenvalue weighted by atomic mass is 10.8. The molecular weight excluding hydrogens is 260 g/mol. The van der Waals surface area contributed by atoms with Gasteiger partial charge in [-0.05, 0) is 15.9 Å². The number of carbonyl (C=O) groups excluding carboxylic acids is 1. The van der Waals surface area contributed by atoms with Gasteiger partial charge in [-0.1, -0.05) is 11.3 Å². The fraction of sp³-hybridized carbons (Fsp3) is 0.333. The van der Waals surface area contributed by atoms with Crippen molar-refractivity contribution in [3.8, 4) is 0 Å². The van der Waals surface area contributed by atoms with Crippen LogP contribution in [0.1, 0.15) is 0 Å². The molecule has 5 nitrogen and oxygen atoms in total. The molecule has 0 saturated carbocycles. The normalized spacial score (nSPS) is 9.69. The van der Waals surface area contributed by atoms with Gasteiger partial charge in [-0.3, -0.25) is 5.32 Å². The summed E-state index contributed by atoms with van der Waals surface area (Å²) >= 11 is 4.48. The Morgan fingerprint density at radius 2 is 2.62 bits per heavy atom. The van der Waals surface area contributed by atoms with E-state index in [1.807, 2.05) is 0 Å². The van der Waals surface area contributed by atoms with Crippen molar-refractivity contribution in [3.05, 3.63) is 9.98 Å². The van der Waals surface area contributed by atoms with E-state index < -0.39 is 6.09 Å². The van der Waals surface area contributed by atoms with Crippen molar-refractivity contribution < 1.29 is 14.6 Å². The summed E-state index contributed by atoms with van der Waals surface area (Å²) < 4.78 is 5.38. The van der Waals surface area contributed by atoms with Crippen LogP contribution in [0.15, 0.2) is 9.98 Å². The van der Waals surface area contributed by atoms with E-state index in [1.165, 1.54) is 11.3 Å². The van der Waals surface area contributed by atoms with Gasteiger partial charge in [0.2, 0.25) is 0 Å². The molecular formula is C6H7BrN2O3S.